The molecule has 1 unspecified atom stereocenters. The Kier molecular flexibility index (Phi) is 8.57. The average molecular weight is 551 g/mol. The molecular weight excluding hydrogens is 521 g/mol. The number of rotatable bonds is 8. The van der Waals surface area contributed by atoms with Gasteiger partial charge >= 0.3 is 0 Å². The highest BCUT2D eigenvalue weighted by Gasteiger charge is 2.35. The highest BCUT2D eigenvalue weighted by molar-refractivity contribution is 6.04. The van der Waals surface area contributed by atoms with Gasteiger partial charge in [-0.25, -0.2) is 18.2 Å². The first kappa shape index (κ1) is 27.5. The van der Waals surface area contributed by atoms with Gasteiger partial charge in [-0.3, -0.25) is 14.5 Å². The topological polar surface area (TPSA) is 65.5 Å². The minimum Gasteiger partial charge on any atom is -0.379 e. The van der Waals surface area contributed by atoms with E-state index in [1.165, 1.54) is 46.3 Å². The van der Waals surface area contributed by atoms with E-state index in [-0.39, 0.29) is 30.6 Å². The van der Waals surface area contributed by atoms with Crippen LogP contribution in [0.15, 0.2) is 77.9 Å². The molecule has 2 aliphatic rings. The van der Waals surface area contributed by atoms with Crippen LogP contribution in [0.3, 0.4) is 0 Å². The number of hydrogen-bond acceptors (Lipinski definition) is 5. The van der Waals surface area contributed by atoms with Crippen LogP contribution in [-0.4, -0.2) is 78.3 Å². The molecule has 2 aliphatic heterocycles. The van der Waals surface area contributed by atoms with Crippen LogP contribution in [-0.2, 0) is 9.53 Å². The van der Waals surface area contributed by atoms with E-state index < -0.39 is 35.3 Å². The standard InChI is InChI=1S/C30H29F3N4O3/c31-23-10-8-21(9-11-23)28-19-27(25-6-1-2-7-26(25)33)34-37(28)29(38)20-36(13-12-35-14-16-40-17-15-35)30(39)22-4-3-5-24(32)18-22/h1-11,18,28H,12-17,19-20H2. The van der Waals surface area contributed by atoms with E-state index in [1.54, 1.807) is 30.3 Å². The summed E-state index contributed by atoms with van der Waals surface area (Å²) in [5.41, 5.74) is 1.39. The first-order chi connectivity index (χ1) is 19.4. The molecule has 40 heavy (non-hydrogen) atoms. The van der Waals surface area contributed by atoms with Crippen LogP contribution >= 0.6 is 0 Å². The maximum Gasteiger partial charge on any atom is 0.262 e. The van der Waals surface area contributed by atoms with Crippen LogP contribution in [0.2, 0.25) is 0 Å². The summed E-state index contributed by atoms with van der Waals surface area (Å²) in [6, 6.07) is 16.6. The van der Waals surface area contributed by atoms with Crippen LogP contribution in [0.5, 0.6) is 0 Å². The summed E-state index contributed by atoms with van der Waals surface area (Å²) in [5, 5.41) is 5.74. The molecule has 0 bridgehead atoms. The molecule has 0 aliphatic carbocycles. The van der Waals surface area contributed by atoms with Crippen molar-refractivity contribution in [2.75, 3.05) is 45.9 Å². The average Bonchev–Trinajstić information content (AvgIpc) is 3.41. The van der Waals surface area contributed by atoms with Gasteiger partial charge in [0, 0.05) is 43.7 Å². The fraction of sp³-hybridized carbons (Fsp3) is 0.300. The van der Waals surface area contributed by atoms with Crippen molar-refractivity contribution in [3.8, 4) is 0 Å². The summed E-state index contributed by atoms with van der Waals surface area (Å²) in [5.74, 6) is -2.43. The molecular formula is C30H29F3N4O3. The summed E-state index contributed by atoms with van der Waals surface area (Å²) in [4.78, 5) is 30.7. The number of carbonyl (C=O) groups excluding carboxylic acids is 2. The number of carbonyl (C=O) groups is 2. The SMILES string of the molecule is O=C(c1cccc(F)c1)N(CCN1CCOCC1)CC(=O)N1N=C(c2ccccc2F)CC1c1ccc(F)cc1. The lowest BCUT2D eigenvalue weighted by Crippen LogP contribution is -2.46. The Morgan fingerprint density at radius 2 is 1.68 bits per heavy atom. The van der Waals surface area contributed by atoms with E-state index in [9.17, 15) is 22.8 Å². The molecule has 10 heteroatoms. The number of amides is 2. The largest absolute Gasteiger partial charge is 0.379 e. The number of halogens is 3. The molecule has 3 aromatic carbocycles. The van der Waals surface area contributed by atoms with Gasteiger partial charge < -0.3 is 9.64 Å². The van der Waals surface area contributed by atoms with Gasteiger partial charge in [0.1, 0.15) is 24.0 Å². The van der Waals surface area contributed by atoms with Crippen LogP contribution in [0.1, 0.15) is 33.9 Å². The summed E-state index contributed by atoms with van der Waals surface area (Å²) < 4.78 is 47.6. The molecule has 0 radical (unpaired) electrons. The second-order valence-electron chi connectivity index (χ2n) is 9.73. The maximum atomic E-state index is 14.6. The highest BCUT2D eigenvalue weighted by atomic mass is 19.1. The monoisotopic (exact) mass is 550 g/mol. The first-order valence-electron chi connectivity index (χ1n) is 13.1. The second-order valence-corrected chi connectivity index (χ2v) is 9.73. The van der Waals surface area contributed by atoms with Crippen molar-refractivity contribution in [2.45, 2.75) is 12.5 Å². The Hall–Kier alpha value is -4.02. The van der Waals surface area contributed by atoms with E-state index in [0.717, 1.165) is 6.07 Å². The summed E-state index contributed by atoms with van der Waals surface area (Å²) in [6.07, 6.45) is 0.212. The fourth-order valence-electron chi connectivity index (χ4n) is 4.92. The molecule has 0 N–H and O–H groups in total. The molecule has 3 aromatic rings. The predicted octanol–water partition coefficient (Wildman–Crippen LogP) is 4.26. The zero-order chi connectivity index (χ0) is 28.1. The lowest BCUT2D eigenvalue weighted by atomic mass is 9.98. The first-order valence-corrected chi connectivity index (χ1v) is 13.1. The van der Waals surface area contributed by atoms with E-state index in [1.807, 2.05) is 0 Å². The number of morpholine rings is 1. The Morgan fingerprint density at radius 3 is 2.40 bits per heavy atom. The highest BCUT2D eigenvalue weighted by Crippen LogP contribution is 2.33. The molecule has 1 fully saturated rings. The minimum atomic E-state index is -0.618. The quantitative estimate of drug-likeness (QED) is 0.421. The van der Waals surface area contributed by atoms with E-state index in [4.69, 9.17) is 4.74 Å². The lowest BCUT2D eigenvalue weighted by molar-refractivity contribution is -0.133. The Balaban J connectivity index is 1.42. The van der Waals surface area contributed by atoms with Crippen molar-refractivity contribution in [2.24, 2.45) is 5.10 Å². The van der Waals surface area contributed by atoms with Gasteiger partial charge in [-0.1, -0.05) is 36.4 Å². The van der Waals surface area contributed by atoms with Crippen molar-refractivity contribution in [3.05, 3.63) is 107 Å². The molecule has 7 nitrogen and oxygen atoms in total. The maximum absolute atomic E-state index is 14.6. The lowest BCUT2D eigenvalue weighted by Gasteiger charge is -2.31. The molecule has 208 valence electrons. The Labute approximate surface area is 230 Å². The van der Waals surface area contributed by atoms with Gasteiger partial charge in [0.15, 0.2) is 0 Å². The number of hydrazone groups is 1. The third kappa shape index (κ3) is 6.40. The zero-order valence-corrected chi connectivity index (χ0v) is 21.8. The van der Waals surface area contributed by atoms with Crippen molar-refractivity contribution < 1.29 is 27.5 Å². The molecule has 0 aromatic heterocycles. The van der Waals surface area contributed by atoms with Crippen LogP contribution in [0, 0.1) is 17.5 Å². The fourth-order valence-corrected chi connectivity index (χ4v) is 4.92. The van der Waals surface area contributed by atoms with Crippen LogP contribution in [0.25, 0.3) is 0 Å². The summed E-state index contributed by atoms with van der Waals surface area (Å²) >= 11 is 0. The van der Waals surface area contributed by atoms with E-state index in [2.05, 4.69) is 10.0 Å². The van der Waals surface area contributed by atoms with Crippen molar-refractivity contribution in [1.82, 2.24) is 14.8 Å². The smallest absolute Gasteiger partial charge is 0.262 e. The van der Waals surface area contributed by atoms with Gasteiger partial charge in [0.25, 0.3) is 11.8 Å². The molecule has 0 saturated carbocycles. The molecule has 0 spiro atoms. The number of ether oxygens (including phenoxy) is 1. The third-order valence-electron chi connectivity index (χ3n) is 7.08. The van der Waals surface area contributed by atoms with E-state index in [0.29, 0.717) is 44.1 Å². The minimum absolute atomic E-state index is 0.127. The van der Waals surface area contributed by atoms with Crippen molar-refractivity contribution in [3.63, 3.8) is 0 Å². The van der Waals surface area contributed by atoms with E-state index >= 15 is 0 Å². The zero-order valence-electron chi connectivity index (χ0n) is 21.8. The second kappa shape index (κ2) is 12.4. The molecule has 1 saturated heterocycles. The molecule has 1 atom stereocenters. The number of nitrogens with zero attached hydrogens (tertiary/aromatic N) is 4. The van der Waals surface area contributed by atoms with Gasteiger partial charge in [-0.2, -0.15) is 5.10 Å². The van der Waals surface area contributed by atoms with Gasteiger partial charge in [-0.15, -0.1) is 0 Å². The van der Waals surface area contributed by atoms with Crippen molar-refractivity contribution in [1.29, 1.82) is 0 Å². The molecule has 2 amide bonds. The van der Waals surface area contributed by atoms with Crippen LogP contribution < -0.4 is 0 Å². The van der Waals surface area contributed by atoms with Gasteiger partial charge in [0.2, 0.25) is 0 Å². The summed E-state index contributed by atoms with van der Waals surface area (Å²) in [7, 11) is 0. The number of benzene rings is 3. The summed E-state index contributed by atoms with van der Waals surface area (Å²) in [6.45, 7) is 2.96. The van der Waals surface area contributed by atoms with Crippen LogP contribution in [0.4, 0.5) is 13.2 Å². The Morgan fingerprint density at radius 1 is 0.925 bits per heavy atom. The van der Waals surface area contributed by atoms with Gasteiger partial charge in [-0.05, 0) is 42.0 Å². The normalized spacial score (nSPS) is 17.5. The van der Waals surface area contributed by atoms with Crippen molar-refractivity contribution >= 4 is 17.5 Å². The Bertz CT molecular complexity index is 1390. The van der Waals surface area contributed by atoms with Gasteiger partial charge in [0.05, 0.1) is 25.0 Å². The molecule has 5 rings (SSSR count). The number of hydrogen-bond donors (Lipinski definition) is 0. The third-order valence-corrected chi connectivity index (χ3v) is 7.08. The predicted molar refractivity (Wildman–Crippen MR) is 143 cm³/mol. The molecule has 2 heterocycles.